The normalized spacial score (nSPS) is 10.1. The van der Waals surface area contributed by atoms with E-state index in [9.17, 15) is 0 Å². The van der Waals surface area contributed by atoms with Crippen LogP contribution in [0.2, 0.25) is 19.6 Å². The molecular weight excluding hydrogens is 366 g/mol. The highest BCUT2D eigenvalue weighted by Gasteiger charge is 2.07. The first-order valence-corrected chi connectivity index (χ1v) is 14.8. The highest BCUT2D eigenvalue weighted by atomic mass is 28.3. The molecule has 0 spiro atoms. The topological polar surface area (TPSA) is 3.24 Å². The first kappa shape index (κ1) is 25.0. The molecule has 156 valence electrons. The second-order valence-corrected chi connectivity index (χ2v) is 13.4. The molecular formula is C27H39NSi. The third kappa shape index (κ3) is 12.9. The number of rotatable bonds is 11. The fourth-order valence-electron chi connectivity index (χ4n) is 2.97. The summed E-state index contributed by atoms with van der Waals surface area (Å²) in [5.41, 5.74) is 5.56. The van der Waals surface area contributed by atoms with Crippen molar-refractivity contribution < 1.29 is 0 Å². The van der Waals surface area contributed by atoms with Gasteiger partial charge in [-0.3, -0.25) is 0 Å². The third-order valence-electron chi connectivity index (χ3n) is 4.63. The summed E-state index contributed by atoms with van der Waals surface area (Å²) in [6.45, 7) is 13.5. The second-order valence-electron chi connectivity index (χ2n) is 8.66. The second kappa shape index (κ2) is 14.9. The van der Waals surface area contributed by atoms with E-state index >= 15 is 0 Å². The van der Waals surface area contributed by atoms with Gasteiger partial charge in [-0.05, 0) is 60.8 Å². The number of hydrogen-bond donors (Lipinski definition) is 0. The Bertz CT molecular complexity index is 739. The molecule has 0 fully saturated rings. The van der Waals surface area contributed by atoms with E-state index in [0.29, 0.717) is 0 Å². The van der Waals surface area contributed by atoms with Gasteiger partial charge < -0.3 is 4.90 Å². The summed E-state index contributed by atoms with van der Waals surface area (Å²) in [5, 5.41) is 0. The Balaban J connectivity index is 2.70. The molecule has 0 saturated carbocycles. The Morgan fingerprint density at radius 1 is 0.690 bits per heavy atom. The maximum Gasteiger partial charge on any atom is 0.130 e. The Kier molecular flexibility index (Phi) is 12.8. The van der Waals surface area contributed by atoms with E-state index in [1.807, 2.05) is 0 Å². The van der Waals surface area contributed by atoms with Crippen LogP contribution in [0.5, 0.6) is 0 Å². The van der Waals surface area contributed by atoms with Crippen LogP contribution in [0.4, 0.5) is 5.69 Å². The Hall–Kier alpha value is -2.08. The van der Waals surface area contributed by atoms with Crippen LogP contribution in [0.1, 0.15) is 70.8 Å². The molecule has 0 radical (unpaired) electrons. The lowest BCUT2D eigenvalue weighted by atomic mass is 10.1. The van der Waals surface area contributed by atoms with Gasteiger partial charge in [-0.15, -0.1) is 5.54 Å². The number of unbranched alkanes of at least 4 members (excludes halogenated alkanes) is 6. The molecule has 0 saturated heterocycles. The van der Waals surface area contributed by atoms with Gasteiger partial charge in [-0.1, -0.05) is 77.9 Å². The molecule has 0 bridgehead atoms. The third-order valence-corrected chi connectivity index (χ3v) is 5.50. The molecule has 0 aromatic heterocycles. The number of anilines is 1. The lowest BCUT2D eigenvalue weighted by Crippen LogP contribution is -2.25. The van der Waals surface area contributed by atoms with Crippen molar-refractivity contribution in [1.29, 1.82) is 0 Å². The standard InChI is InChI=1S/C27H39NSi/c1-6-8-10-15-23-28(24-16-11-9-7-2)27-21-19-26(20-22-27)18-14-12-13-17-25-29(3,4)5/h19-22H,6-11,15-16,23-24H2,1-5H3. The Labute approximate surface area is 181 Å². The Morgan fingerprint density at radius 2 is 1.24 bits per heavy atom. The summed E-state index contributed by atoms with van der Waals surface area (Å²) in [6.07, 6.45) is 10.4. The minimum Gasteiger partial charge on any atom is -0.372 e. The average molecular weight is 406 g/mol. The van der Waals surface area contributed by atoms with Crippen molar-refractivity contribution in [2.24, 2.45) is 0 Å². The van der Waals surface area contributed by atoms with E-state index in [4.69, 9.17) is 0 Å². The molecule has 0 aliphatic carbocycles. The fraction of sp³-hybridized carbons (Fsp3) is 0.556. The maximum absolute atomic E-state index is 3.23. The first-order valence-electron chi connectivity index (χ1n) is 11.3. The summed E-state index contributed by atoms with van der Waals surface area (Å²) in [5.74, 6) is 14.7. The summed E-state index contributed by atoms with van der Waals surface area (Å²) in [7, 11) is -1.34. The molecule has 0 atom stereocenters. The van der Waals surface area contributed by atoms with Crippen LogP contribution in [0.25, 0.3) is 0 Å². The minimum atomic E-state index is -1.34. The van der Waals surface area contributed by atoms with Crippen molar-refractivity contribution in [2.75, 3.05) is 18.0 Å². The van der Waals surface area contributed by atoms with Gasteiger partial charge in [0.05, 0.1) is 0 Å². The van der Waals surface area contributed by atoms with Crippen molar-refractivity contribution in [3.63, 3.8) is 0 Å². The number of benzene rings is 1. The summed E-state index contributed by atoms with van der Waals surface area (Å²) in [6, 6.07) is 8.65. The molecule has 0 aliphatic rings. The van der Waals surface area contributed by atoms with Gasteiger partial charge in [-0.2, -0.15) is 0 Å². The van der Waals surface area contributed by atoms with E-state index in [-0.39, 0.29) is 0 Å². The van der Waals surface area contributed by atoms with Crippen molar-refractivity contribution in [3.8, 4) is 35.1 Å². The van der Waals surface area contributed by atoms with Gasteiger partial charge in [0.15, 0.2) is 0 Å². The first-order chi connectivity index (χ1) is 14.0. The SMILES string of the molecule is CCCCCCN(CCCCCC)c1ccc(C#CC#CC#C[Si](C)(C)C)cc1. The van der Waals surface area contributed by atoms with Gasteiger partial charge >= 0.3 is 0 Å². The lowest BCUT2D eigenvalue weighted by Gasteiger charge is -2.25. The van der Waals surface area contributed by atoms with Gasteiger partial charge in [0.2, 0.25) is 0 Å². The number of hydrogen-bond acceptors (Lipinski definition) is 1. The minimum absolute atomic E-state index is 1.01. The zero-order valence-corrected chi connectivity index (χ0v) is 20.3. The van der Waals surface area contributed by atoms with Crippen LogP contribution in [0.15, 0.2) is 24.3 Å². The predicted octanol–water partition coefficient (Wildman–Crippen LogP) is 6.89. The zero-order valence-electron chi connectivity index (χ0n) is 19.3. The average Bonchev–Trinajstić information content (AvgIpc) is 2.69. The van der Waals surface area contributed by atoms with Crippen molar-refractivity contribution >= 4 is 13.8 Å². The van der Waals surface area contributed by atoms with E-state index in [1.54, 1.807) is 0 Å². The molecule has 0 aliphatic heterocycles. The van der Waals surface area contributed by atoms with Gasteiger partial charge in [0.25, 0.3) is 0 Å². The van der Waals surface area contributed by atoms with Crippen molar-refractivity contribution in [1.82, 2.24) is 0 Å². The van der Waals surface area contributed by atoms with E-state index in [2.05, 4.69) is 97.8 Å². The van der Waals surface area contributed by atoms with E-state index in [0.717, 1.165) is 18.7 Å². The van der Waals surface area contributed by atoms with E-state index in [1.165, 1.54) is 57.1 Å². The highest BCUT2D eigenvalue weighted by Crippen LogP contribution is 2.17. The highest BCUT2D eigenvalue weighted by molar-refractivity contribution is 6.83. The number of nitrogens with zero attached hydrogens (tertiary/aromatic N) is 1. The molecule has 1 aromatic rings. The summed E-state index contributed by atoms with van der Waals surface area (Å²) < 4.78 is 0. The lowest BCUT2D eigenvalue weighted by molar-refractivity contribution is 0.609. The fourth-order valence-corrected chi connectivity index (χ4v) is 3.41. The molecule has 0 unspecified atom stereocenters. The smallest absolute Gasteiger partial charge is 0.130 e. The maximum atomic E-state index is 3.23. The van der Waals surface area contributed by atoms with Gasteiger partial charge in [0, 0.05) is 24.3 Å². The molecule has 2 heteroatoms. The molecule has 0 amide bonds. The van der Waals surface area contributed by atoms with E-state index < -0.39 is 8.07 Å². The molecule has 1 rings (SSSR count). The monoisotopic (exact) mass is 405 g/mol. The molecule has 1 nitrogen and oxygen atoms in total. The van der Waals surface area contributed by atoms with Crippen LogP contribution < -0.4 is 4.90 Å². The van der Waals surface area contributed by atoms with Crippen LogP contribution in [-0.4, -0.2) is 21.2 Å². The largest absolute Gasteiger partial charge is 0.372 e. The van der Waals surface area contributed by atoms with Gasteiger partial charge in [-0.25, -0.2) is 0 Å². The summed E-state index contributed by atoms with van der Waals surface area (Å²) >= 11 is 0. The van der Waals surface area contributed by atoms with Crippen LogP contribution in [-0.2, 0) is 0 Å². The van der Waals surface area contributed by atoms with Crippen LogP contribution in [0.3, 0.4) is 0 Å². The van der Waals surface area contributed by atoms with Crippen LogP contribution in [0, 0.1) is 35.1 Å². The molecule has 0 N–H and O–H groups in total. The van der Waals surface area contributed by atoms with Crippen molar-refractivity contribution in [2.45, 2.75) is 84.9 Å². The van der Waals surface area contributed by atoms with Gasteiger partial charge in [0.1, 0.15) is 8.07 Å². The Morgan fingerprint density at radius 3 is 1.76 bits per heavy atom. The molecule has 29 heavy (non-hydrogen) atoms. The molecule has 1 aromatic carbocycles. The quantitative estimate of drug-likeness (QED) is 0.220. The molecule has 0 heterocycles. The van der Waals surface area contributed by atoms with Crippen LogP contribution >= 0.6 is 0 Å². The van der Waals surface area contributed by atoms with Crippen molar-refractivity contribution in [3.05, 3.63) is 29.8 Å². The summed E-state index contributed by atoms with van der Waals surface area (Å²) in [4.78, 5) is 2.55. The zero-order chi connectivity index (χ0) is 21.4. The predicted molar refractivity (Wildman–Crippen MR) is 133 cm³/mol.